The van der Waals surface area contributed by atoms with Gasteiger partial charge in [-0.3, -0.25) is 0 Å². The molecule has 0 aliphatic carbocycles. The van der Waals surface area contributed by atoms with Gasteiger partial charge in [0, 0.05) is 11.8 Å². The lowest BCUT2D eigenvalue weighted by Crippen LogP contribution is -2.23. The van der Waals surface area contributed by atoms with E-state index < -0.39 is 0 Å². The summed E-state index contributed by atoms with van der Waals surface area (Å²) in [5.74, 6) is 1.12. The molecule has 0 saturated carbocycles. The van der Waals surface area contributed by atoms with Gasteiger partial charge < -0.3 is 5.32 Å². The second kappa shape index (κ2) is 8.26. The van der Waals surface area contributed by atoms with Crippen LogP contribution in [0.25, 0.3) is 11.1 Å². The highest BCUT2D eigenvalue weighted by Gasteiger charge is 2.11. The molecule has 2 aromatic carbocycles. The molecule has 0 amide bonds. The zero-order chi connectivity index (χ0) is 15.1. The van der Waals surface area contributed by atoms with E-state index in [4.69, 9.17) is 0 Å². The quantitative estimate of drug-likeness (QED) is 0.759. The smallest absolute Gasteiger partial charge is 0.0411 e. The molecule has 0 bridgehead atoms. The van der Waals surface area contributed by atoms with Crippen molar-refractivity contribution in [2.45, 2.75) is 32.1 Å². The Hall–Kier alpha value is -1.25. The SMILES string of the molecule is CCNC(CSC(C)C)c1ccc(-c2ccccc2)cc1. The molecular weight excluding hydrogens is 274 g/mol. The number of rotatable bonds is 7. The first-order chi connectivity index (χ1) is 10.2. The first-order valence-corrected chi connectivity index (χ1v) is 8.76. The molecule has 0 aromatic heterocycles. The van der Waals surface area contributed by atoms with E-state index in [0.717, 1.165) is 12.3 Å². The van der Waals surface area contributed by atoms with Crippen molar-refractivity contribution in [3.63, 3.8) is 0 Å². The summed E-state index contributed by atoms with van der Waals surface area (Å²) < 4.78 is 0. The van der Waals surface area contributed by atoms with Gasteiger partial charge in [0.2, 0.25) is 0 Å². The molecule has 0 aliphatic heterocycles. The van der Waals surface area contributed by atoms with Crippen LogP contribution in [0.2, 0.25) is 0 Å². The van der Waals surface area contributed by atoms with Crippen LogP contribution in [0.3, 0.4) is 0 Å². The Kier molecular flexibility index (Phi) is 6.34. The monoisotopic (exact) mass is 299 g/mol. The third-order valence-electron chi connectivity index (χ3n) is 3.47. The van der Waals surface area contributed by atoms with Gasteiger partial charge in [0.05, 0.1) is 0 Å². The minimum atomic E-state index is 0.437. The summed E-state index contributed by atoms with van der Waals surface area (Å²) >= 11 is 2.01. The number of hydrogen-bond acceptors (Lipinski definition) is 2. The molecule has 1 N–H and O–H groups in total. The van der Waals surface area contributed by atoms with Gasteiger partial charge in [-0.15, -0.1) is 0 Å². The fourth-order valence-corrected chi connectivity index (χ4v) is 3.23. The molecule has 112 valence electrons. The van der Waals surface area contributed by atoms with Crippen molar-refractivity contribution in [2.75, 3.05) is 12.3 Å². The van der Waals surface area contributed by atoms with Crippen LogP contribution in [0.4, 0.5) is 0 Å². The minimum absolute atomic E-state index is 0.437. The molecule has 0 saturated heterocycles. The molecular formula is C19H25NS. The van der Waals surface area contributed by atoms with E-state index in [9.17, 15) is 0 Å². The maximum Gasteiger partial charge on any atom is 0.0411 e. The van der Waals surface area contributed by atoms with Gasteiger partial charge in [0.25, 0.3) is 0 Å². The molecule has 2 aromatic rings. The highest BCUT2D eigenvalue weighted by Crippen LogP contribution is 2.25. The molecule has 0 radical (unpaired) electrons. The van der Waals surface area contributed by atoms with Gasteiger partial charge in [0.1, 0.15) is 0 Å². The fourth-order valence-electron chi connectivity index (χ4n) is 2.35. The van der Waals surface area contributed by atoms with Crippen molar-refractivity contribution in [2.24, 2.45) is 0 Å². The fraction of sp³-hybridized carbons (Fsp3) is 0.368. The minimum Gasteiger partial charge on any atom is -0.310 e. The number of hydrogen-bond donors (Lipinski definition) is 1. The predicted molar refractivity (Wildman–Crippen MR) is 95.9 cm³/mol. The maximum atomic E-state index is 3.59. The number of nitrogens with one attached hydrogen (secondary N) is 1. The molecule has 0 aliphatic rings. The normalized spacial score (nSPS) is 12.6. The molecule has 1 nitrogen and oxygen atoms in total. The van der Waals surface area contributed by atoms with Crippen molar-refractivity contribution in [1.29, 1.82) is 0 Å². The van der Waals surface area contributed by atoms with Crippen molar-refractivity contribution >= 4 is 11.8 Å². The van der Waals surface area contributed by atoms with Gasteiger partial charge >= 0.3 is 0 Å². The summed E-state index contributed by atoms with van der Waals surface area (Å²) in [6.07, 6.45) is 0. The summed E-state index contributed by atoms with van der Waals surface area (Å²) in [4.78, 5) is 0. The van der Waals surface area contributed by atoms with E-state index in [1.54, 1.807) is 0 Å². The van der Waals surface area contributed by atoms with Gasteiger partial charge in [-0.25, -0.2) is 0 Å². The second-order valence-electron chi connectivity index (χ2n) is 5.48. The highest BCUT2D eigenvalue weighted by molar-refractivity contribution is 7.99. The number of benzene rings is 2. The largest absolute Gasteiger partial charge is 0.310 e. The van der Waals surface area contributed by atoms with Crippen molar-refractivity contribution in [3.8, 4) is 11.1 Å². The topological polar surface area (TPSA) is 12.0 Å². The zero-order valence-corrected chi connectivity index (χ0v) is 14.0. The van der Waals surface area contributed by atoms with Crippen LogP contribution in [0.5, 0.6) is 0 Å². The molecule has 1 unspecified atom stereocenters. The first-order valence-electron chi connectivity index (χ1n) is 7.71. The average molecular weight is 299 g/mol. The molecule has 1 atom stereocenters. The van der Waals surface area contributed by atoms with E-state index in [1.165, 1.54) is 16.7 Å². The van der Waals surface area contributed by atoms with Crippen molar-refractivity contribution in [3.05, 3.63) is 60.2 Å². The molecule has 2 heteroatoms. The van der Waals surface area contributed by atoms with Crippen LogP contribution in [0, 0.1) is 0 Å². The molecule has 2 rings (SSSR count). The number of thioether (sulfide) groups is 1. The maximum absolute atomic E-state index is 3.59. The Labute approximate surface area is 133 Å². The Balaban J connectivity index is 2.11. The lowest BCUT2D eigenvalue weighted by atomic mass is 10.0. The van der Waals surface area contributed by atoms with E-state index >= 15 is 0 Å². The van der Waals surface area contributed by atoms with E-state index in [2.05, 4.69) is 80.7 Å². The first kappa shape index (κ1) is 16.1. The Morgan fingerprint density at radius 1 is 0.905 bits per heavy atom. The summed E-state index contributed by atoms with van der Waals surface area (Å²) in [5.41, 5.74) is 3.94. The summed E-state index contributed by atoms with van der Waals surface area (Å²) in [5, 5.41) is 4.27. The van der Waals surface area contributed by atoms with Crippen LogP contribution < -0.4 is 5.32 Å². The second-order valence-corrected chi connectivity index (χ2v) is 7.09. The Morgan fingerprint density at radius 2 is 1.52 bits per heavy atom. The summed E-state index contributed by atoms with van der Waals surface area (Å²) in [6, 6.07) is 20.0. The van der Waals surface area contributed by atoms with Crippen LogP contribution in [0.15, 0.2) is 54.6 Å². The van der Waals surface area contributed by atoms with Gasteiger partial charge in [0.15, 0.2) is 0 Å². The van der Waals surface area contributed by atoms with Crippen molar-refractivity contribution in [1.82, 2.24) is 5.32 Å². The third kappa shape index (κ3) is 4.90. The summed E-state index contributed by atoms with van der Waals surface area (Å²) in [7, 11) is 0. The molecule has 0 spiro atoms. The highest BCUT2D eigenvalue weighted by atomic mass is 32.2. The van der Waals surface area contributed by atoms with Gasteiger partial charge in [-0.2, -0.15) is 11.8 Å². The van der Waals surface area contributed by atoms with E-state index in [0.29, 0.717) is 11.3 Å². The third-order valence-corrected chi connectivity index (χ3v) is 4.66. The Morgan fingerprint density at radius 3 is 2.10 bits per heavy atom. The van der Waals surface area contributed by atoms with Crippen LogP contribution >= 0.6 is 11.8 Å². The van der Waals surface area contributed by atoms with Crippen LogP contribution in [0.1, 0.15) is 32.4 Å². The van der Waals surface area contributed by atoms with Crippen molar-refractivity contribution < 1.29 is 0 Å². The lowest BCUT2D eigenvalue weighted by molar-refractivity contribution is 0.605. The zero-order valence-electron chi connectivity index (χ0n) is 13.2. The van der Waals surface area contributed by atoms with Gasteiger partial charge in [-0.05, 0) is 28.5 Å². The molecule has 21 heavy (non-hydrogen) atoms. The predicted octanol–water partition coefficient (Wildman–Crippen LogP) is 5.15. The van der Waals surface area contributed by atoms with E-state index in [-0.39, 0.29) is 0 Å². The molecule has 0 fully saturated rings. The van der Waals surface area contributed by atoms with Crippen LogP contribution in [-0.2, 0) is 0 Å². The standard InChI is InChI=1S/C19H25NS/c1-4-20-19(14-21-15(2)3)18-12-10-17(11-13-18)16-8-6-5-7-9-16/h5-13,15,19-20H,4,14H2,1-3H3. The molecule has 0 heterocycles. The summed E-state index contributed by atoms with van der Waals surface area (Å²) in [6.45, 7) is 7.69. The lowest BCUT2D eigenvalue weighted by Gasteiger charge is -2.19. The Bertz CT molecular complexity index is 519. The van der Waals surface area contributed by atoms with Gasteiger partial charge in [-0.1, -0.05) is 75.4 Å². The van der Waals surface area contributed by atoms with E-state index in [1.807, 2.05) is 11.8 Å². The van der Waals surface area contributed by atoms with Crippen LogP contribution in [-0.4, -0.2) is 17.5 Å². The average Bonchev–Trinajstić information content (AvgIpc) is 2.52.